The third kappa shape index (κ3) is 3.89. The number of aliphatic imine (C=N–C) groups is 1. The molecule has 0 saturated carbocycles. The van der Waals surface area contributed by atoms with Crippen molar-refractivity contribution in [2.45, 2.75) is 0 Å². The highest BCUT2D eigenvalue weighted by atomic mass is 16.5. The number of nitrogens with two attached hydrogens (primary N) is 1. The third-order valence-electron chi connectivity index (χ3n) is 3.60. The molecule has 2 heterocycles. The van der Waals surface area contributed by atoms with Gasteiger partial charge in [-0.05, 0) is 23.8 Å². The molecule has 7 heteroatoms. The van der Waals surface area contributed by atoms with E-state index in [-0.39, 0.29) is 0 Å². The number of nitrogens with one attached hydrogen (secondary N) is 1. The summed E-state index contributed by atoms with van der Waals surface area (Å²) in [7, 11) is 3.08. The topological polar surface area (TPSA) is 98.4 Å². The summed E-state index contributed by atoms with van der Waals surface area (Å²) in [6.07, 6.45) is 5.13. The van der Waals surface area contributed by atoms with Crippen LogP contribution in [0.4, 0.5) is 5.82 Å². The maximum Gasteiger partial charge on any atom is 0.258 e. The Hall–Kier alpha value is -3.61. The number of aromatic amines is 1. The summed E-state index contributed by atoms with van der Waals surface area (Å²) in [6.45, 7) is 0. The number of methoxy groups -OCH3 is 2. The minimum Gasteiger partial charge on any atom is -0.491 e. The average Bonchev–Trinajstić information content (AvgIpc) is 3.22. The van der Waals surface area contributed by atoms with E-state index in [1.807, 2.05) is 30.3 Å². The van der Waals surface area contributed by atoms with Crippen molar-refractivity contribution >= 4 is 17.2 Å². The van der Waals surface area contributed by atoms with Crippen LogP contribution in [0.2, 0.25) is 0 Å². The van der Waals surface area contributed by atoms with E-state index in [0.29, 0.717) is 34.7 Å². The van der Waals surface area contributed by atoms with Crippen molar-refractivity contribution < 1.29 is 9.47 Å². The fourth-order valence-electron chi connectivity index (χ4n) is 2.33. The van der Waals surface area contributed by atoms with Crippen LogP contribution in [-0.4, -0.2) is 34.9 Å². The maximum absolute atomic E-state index is 6.23. The number of imidazole rings is 1. The number of rotatable bonds is 6. The highest BCUT2D eigenvalue weighted by Crippen LogP contribution is 2.27. The molecular weight excluding hydrogens is 330 g/mol. The van der Waals surface area contributed by atoms with Crippen molar-refractivity contribution in [3.05, 3.63) is 72.3 Å². The van der Waals surface area contributed by atoms with E-state index in [9.17, 15) is 0 Å². The molecule has 1 aromatic carbocycles. The van der Waals surface area contributed by atoms with Crippen molar-refractivity contribution in [2.75, 3.05) is 14.2 Å². The first-order valence-corrected chi connectivity index (χ1v) is 7.91. The first-order chi connectivity index (χ1) is 12.7. The van der Waals surface area contributed by atoms with E-state index in [0.717, 1.165) is 5.56 Å². The SMILES string of the molecule is COc1ccc(N=C(/C=C(\N)c2ccccc2)c2ncc[nH]2)nc1OC. The Bertz CT molecular complexity index is 918. The Labute approximate surface area is 151 Å². The lowest BCUT2D eigenvalue weighted by atomic mass is 10.1. The van der Waals surface area contributed by atoms with Crippen molar-refractivity contribution in [1.29, 1.82) is 0 Å². The van der Waals surface area contributed by atoms with Crippen molar-refractivity contribution in [1.82, 2.24) is 15.0 Å². The van der Waals surface area contributed by atoms with Gasteiger partial charge in [0.25, 0.3) is 5.88 Å². The summed E-state index contributed by atoms with van der Waals surface area (Å²) in [5.41, 5.74) is 8.25. The molecule has 3 aromatic rings. The Balaban J connectivity index is 2.04. The summed E-state index contributed by atoms with van der Waals surface area (Å²) in [5.74, 6) is 1.92. The van der Waals surface area contributed by atoms with Gasteiger partial charge in [-0.2, -0.15) is 4.98 Å². The van der Waals surface area contributed by atoms with Crippen LogP contribution in [0.1, 0.15) is 11.4 Å². The van der Waals surface area contributed by atoms with Crippen LogP contribution in [-0.2, 0) is 0 Å². The fourth-order valence-corrected chi connectivity index (χ4v) is 2.33. The lowest BCUT2D eigenvalue weighted by Gasteiger charge is -2.07. The highest BCUT2D eigenvalue weighted by molar-refractivity contribution is 6.10. The van der Waals surface area contributed by atoms with E-state index < -0.39 is 0 Å². The molecule has 7 nitrogen and oxygen atoms in total. The zero-order valence-electron chi connectivity index (χ0n) is 14.5. The van der Waals surface area contributed by atoms with E-state index in [2.05, 4.69) is 19.9 Å². The third-order valence-corrected chi connectivity index (χ3v) is 3.60. The average molecular weight is 349 g/mol. The molecule has 0 atom stereocenters. The van der Waals surface area contributed by atoms with Crippen LogP contribution in [0.5, 0.6) is 11.6 Å². The molecular formula is C19H19N5O2. The number of H-pyrrole nitrogens is 1. The zero-order chi connectivity index (χ0) is 18.4. The smallest absolute Gasteiger partial charge is 0.258 e. The second-order valence-corrected chi connectivity index (χ2v) is 5.28. The molecule has 0 aliphatic carbocycles. The molecule has 0 fully saturated rings. The summed E-state index contributed by atoms with van der Waals surface area (Å²) < 4.78 is 10.4. The predicted octanol–water partition coefficient (Wildman–Crippen LogP) is 2.94. The maximum atomic E-state index is 6.23. The Morgan fingerprint density at radius 3 is 2.58 bits per heavy atom. The molecule has 0 unspecified atom stereocenters. The lowest BCUT2D eigenvalue weighted by Crippen LogP contribution is -2.05. The van der Waals surface area contributed by atoms with Crippen LogP contribution >= 0.6 is 0 Å². The molecule has 132 valence electrons. The molecule has 0 saturated heterocycles. The van der Waals surface area contributed by atoms with Crippen molar-refractivity contribution in [3.8, 4) is 11.6 Å². The van der Waals surface area contributed by atoms with Gasteiger partial charge in [0, 0.05) is 18.1 Å². The summed E-state index contributed by atoms with van der Waals surface area (Å²) >= 11 is 0. The minimum atomic E-state index is 0.354. The molecule has 3 N–H and O–H groups in total. The largest absolute Gasteiger partial charge is 0.491 e. The van der Waals surface area contributed by atoms with Crippen molar-refractivity contribution in [2.24, 2.45) is 10.7 Å². The standard InChI is InChI=1S/C19H19N5O2/c1-25-16-8-9-17(24-19(16)26-2)23-15(18-21-10-11-22-18)12-14(20)13-6-4-3-5-7-13/h3-12H,20H2,1-2H3,(H,21,22)/b14-12-,23-15?. The van der Waals surface area contributed by atoms with Gasteiger partial charge in [-0.1, -0.05) is 30.3 Å². The normalized spacial score (nSPS) is 12.1. The van der Waals surface area contributed by atoms with Gasteiger partial charge >= 0.3 is 0 Å². The Morgan fingerprint density at radius 1 is 1.12 bits per heavy atom. The molecule has 2 aromatic heterocycles. The van der Waals surface area contributed by atoms with E-state index in [4.69, 9.17) is 15.2 Å². The van der Waals surface area contributed by atoms with Crippen molar-refractivity contribution in [3.63, 3.8) is 0 Å². The summed E-state index contributed by atoms with van der Waals surface area (Å²) in [6, 6.07) is 13.1. The van der Waals surface area contributed by atoms with E-state index in [1.165, 1.54) is 7.11 Å². The molecule has 26 heavy (non-hydrogen) atoms. The van der Waals surface area contributed by atoms with Gasteiger partial charge in [-0.15, -0.1) is 0 Å². The molecule has 3 rings (SSSR count). The molecule has 0 bridgehead atoms. The van der Waals surface area contributed by atoms with Gasteiger partial charge in [-0.3, -0.25) is 0 Å². The highest BCUT2D eigenvalue weighted by Gasteiger charge is 2.10. The van der Waals surface area contributed by atoms with Crippen LogP contribution in [0.15, 0.2) is 65.9 Å². The van der Waals surface area contributed by atoms with Gasteiger partial charge < -0.3 is 20.2 Å². The number of benzene rings is 1. The predicted molar refractivity (Wildman–Crippen MR) is 101 cm³/mol. The van der Waals surface area contributed by atoms with Gasteiger partial charge in [-0.25, -0.2) is 9.98 Å². The number of hydrogen-bond donors (Lipinski definition) is 2. The van der Waals surface area contributed by atoms with Gasteiger partial charge in [0.05, 0.1) is 14.2 Å². The van der Waals surface area contributed by atoms with Gasteiger partial charge in [0.2, 0.25) is 0 Å². The summed E-state index contributed by atoms with van der Waals surface area (Å²) in [4.78, 5) is 16.2. The molecule has 0 aliphatic rings. The monoisotopic (exact) mass is 349 g/mol. The Kier molecular flexibility index (Phi) is 5.28. The van der Waals surface area contributed by atoms with Crippen LogP contribution in [0.3, 0.4) is 0 Å². The van der Waals surface area contributed by atoms with Gasteiger partial charge in [0.1, 0.15) is 5.71 Å². The fraction of sp³-hybridized carbons (Fsp3) is 0.105. The van der Waals surface area contributed by atoms with Crippen LogP contribution in [0.25, 0.3) is 5.70 Å². The van der Waals surface area contributed by atoms with Crippen LogP contribution < -0.4 is 15.2 Å². The van der Waals surface area contributed by atoms with E-state index >= 15 is 0 Å². The number of pyridine rings is 1. The number of nitrogens with zero attached hydrogens (tertiary/aromatic N) is 3. The second kappa shape index (κ2) is 7.98. The summed E-state index contributed by atoms with van der Waals surface area (Å²) in [5, 5.41) is 0. The quantitative estimate of drug-likeness (QED) is 0.667. The van der Waals surface area contributed by atoms with Gasteiger partial charge in [0.15, 0.2) is 17.4 Å². The molecule has 0 radical (unpaired) electrons. The second-order valence-electron chi connectivity index (χ2n) is 5.28. The number of ether oxygens (including phenoxy) is 2. The minimum absolute atomic E-state index is 0.354. The molecule has 0 aliphatic heterocycles. The first-order valence-electron chi connectivity index (χ1n) is 7.91. The number of aromatic nitrogens is 3. The molecule has 0 spiro atoms. The number of allylic oxidation sites excluding steroid dienone is 1. The lowest BCUT2D eigenvalue weighted by molar-refractivity contribution is 0.343. The molecule has 0 amide bonds. The Morgan fingerprint density at radius 2 is 1.92 bits per heavy atom. The first kappa shape index (κ1) is 17.2. The van der Waals surface area contributed by atoms with Crippen LogP contribution in [0, 0.1) is 0 Å². The zero-order valence-corrected chi connectivity index (χ0v) is 14.5. The van der Waals surface area contributed by atoms with E-state index in [1.54, 1.807) is 37.7 Å². The number of hydrogen-bond acceptors (Lipinski definition) is 6.